The van der Waals surface area contributed by atoms with E-state index in [-0.39, 0.29) is 18.1 Å². The maximum absolute atomic E-state index is 12.2. The third-order valence-corrected chi connectivity index (χ3v) is 8.44. The predicted octanol–water partition coefficient (Wildman–Crippen LogP) is 6.89. The zero-order chi connectivity index (χ0) is 24.9. The minimum atomic E-state index is -3.19. The van der Waals surface area contributed by atoms with Crippen molar-refractivity contribution in [3.05, 3.63) is 29.8 Å². The van der Waals surface area contributed by atoms with Crippen LogP contribution in [0.3, 0.4) is 0 Å². The zero-order valence-corrected chi connectivity index (χ0v) is 23.1. The lowest BCUT2D eigenvalue weighted by Crippen LogP contribution is -2.28. The summed E-state index contributed by atoms with van der Waals surface area (Å²) in [6, 6.07) is 7.70. The first kappa shape index (κ1) is 31.0. The SMILES string of the molecule is CCCCCCCCCCCCCCCCS(=O)(=O)NCCSc1ccc(CC(=O)OC)cc1. The van der Waals surface area contributed by atoms with E-state index in [1.807, 2.05) is 24.3 Å². The fourth-order valence-corrected chi connectivity index (χ4v) is 5.91. The number of carbonyl (C=O) groups excluding carboxylic acids is 1. The first-order chi connectivity index (χ1) is 16.5. The number of hydrogen-bond donors (Lipinski definition) is 1. The van der Waals surface area contributed by atoms with E-state index in [0.29, 0.717) is 12.3 Å². The van der Waals surface area contributed by atoms with Crippen LogP contribution in [-0.2, 0) is 26.0 Å². The molecule has 0 spiro atoms. The highest BCUT2D eigenvalue weighted by Gasteiger charge is 2.09. The largest absolute Gasteiger partial charge is 0.469 e. The smallest absolute Gasteiger partial charge is 0.309 e. The molecule has 0 radical (unpaired) electrons. The van der Waals surface area contributed by atoms with Crippen molar-refractivity contribution >= 4 is 27.8 Å². The van der Waals surface area contributed by atoms with E-state index in [9.17, 15) is 13.2 Å². The van der Waals surface area contributed by atoms with Crippen LogP contribution in [0.4, 0.5) is 0 Å². The van der Waals surface area contributed by atoms with Gasteiger partial charge < -0.3 is 4.74 Å². The molecule has 7 heteroatoms. The maximum atomic E-state index is 12.2. The number of rotatable bonds is 22. The lowest BCUT2D eigenvalue weighted by Gasteiger charge is -2.07. The van der Waals surface area contributed by atoms with Crippen molar-refractivity contribution in [2.75, 3.05) is 25.2 Å². The second kappa shape index (κ2) is 20.2. The van der Waals surface area contributed by atoms with Crippen molar-refractivity contribution in [2.24, 2.45) is 0 Å². The summed E-state index contributed by atoms with van der Waals surface area (Å²) in [6.45, 7) is 2.69. The van der Waals surface area contributed by atoms with Crippen LogP contribution < -0.4 is 4.72 Å². The number of esters is 1. The number of sulfonamides is 1. The van der Waals surface area contributed by atoms with Crippen molar-refractivity contribution in [1.82, 2.24) is 4.72 Å². The van der Waals surface area contributed by atoms with Crippen LogP contribution in [0.1, 0.15) is 102 Å². The predicted molar refractivity (Wildman–Crippen MR) is 145 cm³/mol. The molecular formula is C27H47NO4S2. The first-order valence-electron chi connectivity index (χ1n) is 13.2. The molecule has 0 aromatic heterocycles. The normalized spacial score (nSPS) is 11.6. The van der Waals surface area contributed by atoms with Crippen LogP contribution in [0.15, 0.2) is 29.2 Å². The van der Waals surface area contributed by atoms with Crippen molar-refractivity contribution in [1.29, 1.82) is 0 Å². The number of thioether (sulfide) groups is 1. The molecule has 0 aliphatic heterocycles. The molecule has 0 amide bonds. The second-order valence-electron chi connectivity index (χ2n) is 9.05. The van der Waals surface area contributed by atoms with Gasteiger partial charge in [-0.3, -0.25) is 4.79 Å². The summed E-state index contributed by atoms with van der Waals surface area (Å²) in [4.78, 5) is 12.4. The lowest BCUT2D eigenvalue weighted by molar-refractivity contribution is -0.139. The standard InChI is InChI=1S/C27H47NO4S2/c1-3-4-5-6-7-8-9-10-11-12-13-14-15-16-23-34(30,31)28-21-22-33-26-19-17-25(18-20-26)24-27(29)32-2/h17-20,28H,3-16,21-24H2,1-2H3. The average Bonchev–Trinajstić information content (AvgIpc) is 2.83. The van der Waals surface area contributed by atoms with E-state index in [0.717, 1.165) is 29.7 Å². The van der Waals surface area contributed by atoms with Gasteiger partial charge in [-0.05, 0) is 24.1 Å². The molecule has 1 aromatic carbocycles. The van der Waals surface area contributed by atoms with Crippen LogP contribution in [0.5, 0.6) is 0 Å². The summed E-state index contributed by atoms with van der Waals surface area (Å²) in [7, 11) is -1.81. The van der Waals surface area contributed by atoms with Crippen molar-refractivity contribution in [3.63, 3.8) is 0 Å². The van der Waals surface area contributed by atoms with E-state index < -0.39 is 10.0 Å². The van der Waals surface area contributed by atoms with Gasteiger partial charge in [-0.1, -0.05) is 103 Å². The summed E-state index contributed by atoms with van der Waals surface area (Å²) >= 11 is 1.60. The molecule has 0 saturated heterocycles. The molecule has 5 nitrogen and oxygen atoms in total. The minimum Gasteiger partial charge on any atom is -0.469 e. The molecule has 1 rings (SSSR count). The Hall–Kier alpha value is -1.05. The van der Waals surface area contributed by atoms with Gasteiger partial charge in [0.15, 0.2) is 0 Å². The highest BCUT2D eigenvalue weighted by atomic mass is 32.2. The van der Waals surface area contributed by atoms with E-state index in [2.05, 4.69) is 16.4 Å². The fourth-order valence-electron chi connectivity index (χ4n) is 3.87. The Morgan fingerprint density at radius 1 is 0.824 bits per heavy atom. The van der Waals surface area contributed by atoms with Gasteiger partial charge in [-0.15, -0.1) is 11.8 Å². The minimum absolute atomic E-state index is 0.220. The van der Waals surface area contributed by atoms with Gasteiger partial charge >= 0.3 is 5.97 Å². The lowest BCUT2D eigenvalue weighted by atomic mass is 10.0. The van der Waals surface area contributed by atoms with E-state index in [4.69, 9.17) is 0 Å². The van der Waals surface area contributed by atoms with Crippen molar-refractivity contribution < 1.29 is 17.9 Å². The monoisotopic (exact) mass is 513 g/mol. The number of nitrogens with one attached hydrogen (secondary N) is 1. The number of unbranched alkanes of at least 4 members (excludes halogenated alkanes) is 13. The Morgan fingerprint density at radius 3 is 1.82 bits per heavy atom. The van der Waals surface area contributed by atoms with Gasteiger partial charge in [0, 0.05) is 17.2 Å². The molecule has 0 saturated carbocycles. The Morgan fingerprint density at radius 2 is 1.32 bits per heavy atom. The molecule has 0 bridgehead atoms. The topological polar surface area (TPSA) is 72.5 Å². The summed E-state index contributed by atoms with van der Waals surface area (Å²) in [5, 5.41) is 0. The molecule has 0 unspecified atom stereocenters. The highest BCUT2D eigenvalue weighted by molar-refractivity contribution is 7.99. The third-order valence-electron chi connectivity index (χ3n) is 5.96. The Labute approximate surface area is 213 Å². The maximum Gasteiger partial charge on any atom is 0.309 e. The average molecular weight is 514 g/mol. The second-order valence-corrected chi connectivity index (χ2v) is 12.1. The molecule has 34 heavy (non-hydrogen) atoms. The van der Waals surface area contributed by atoms with Gasteiger partial charge in [0.05, 0.1) is 19.3 Å². The number of methoxy groups -OCH3 is 1. The number of ether oxygens (including phenoxy) is 1. The quantitative estimate of drug-likeness (QED) is 0.104. The third kappa shape index (κ3) is 17.4. The molecule has 1 aromatic rings. The van der Waals surface area contributed by atoms with Crippen LogP contribution in [-0.4, -0.2) is 39.5 Å². The van der Waals surface area contributed by atoms with E-state index >= 15 is 0 Å². The van der Waals surface area contributed by atoms with Crippen molar-refractivity contribution in [2.45, 2.75) is 108 Å². The molecular weight excluding hydrogens is 466 g/mol. The Bertz CT molecular complexity index is 736. The molecule has 1 N–H and O–H groups in total. The van der Waals surface area contributed by atoms with E-state index in [1.54, 1.807) is 11.8 Å². The summed E-state index contributed by atoms with van der Waals surface area (Å²) in [5.41, 5.74) is 0.907. The molecule has 0 fully saturated rings. The zero-order valence-electron chi connectivity index (χ0n) is 21.5. The molecule has 0 aliphatic rings. The summed E-state index contributed by atoms with van der Waals surface area (Å²) in [5.74, 6) is 0.639. The molecule has 0 heterocycles. The van der Waals surface area contributed by atoms with Gasteiger partial charge in [0.2, 0.25) is 10.0 Å². The molecule has 0 aliphatic carbocycles. The summed E-state index contributed by atoms with van der Waals surface area (Å²) < 4.78 is 31.7. The van der Waals surface area contributed by atoms with Gasteiger partial charge in [0.25, 0.3) is 0 Å². The van der Waals surface area contributed by atoms with Gasteiger partial charge in [0.1, 0.15) is 0 Å². The highest BCUT2D eigenvalue weighted by Crippen LogP contribution is 2.18. The Balaban J connectivity index is 1.97. The van der Waals surface area contributed by atoms with Crippen molar-refractivity contribution in [3.8, 4) is 0 Å². The van der Waals surface area contributed by atoms with E-state index in [1.165, 1.54) is 77.7 Å². The molecule has 0 atom stereocenters. The van der Waals surface area contributed by atoms with Gasteiger partial charge in [-0.2, -0.15) is 0 Å². The number of hydrogen-bond acceptors (Lipinski definition) is 5. The number of carbonyl (C=O) groups is 1. The first-order valence-corrected chi connectivity index (χ1v) is 15.9. The summed E-state index contributed by atoms with van der Waals surface area (Å²) in [6.07, 6.45) is 17.9. The molecule has 196 valence electrons. The van der Waals surface area contributed by atoms with Crippen LogP contribution in [0.25, 0.3) is 0 Å². The van der Waals surface area contributed by atoms with Crippen LogP contribution in [0, 0.1) is 0 Å². The van der Waals surface area contributed by atoms with Gasteiger partial charge in [-0.25, -0.2) is 13.1 Å². The van der Waals surface area contributed by atoms with Crippen LogP contribution in [0.2, 0.25) is 0 Å². The van der Waals surface area contributed by atoms with Crippen LogP contribution >= 0.6 is 11.8 Å². The fraction of sp³-hybridized carbons (Fsp3) is 0.741. The Kier molecular flexibility index (Phi) is 18.4. The number of benzene rings is 1.